The number of hydrogen-bond acceptors (Lipinski definition) is 4. The first-order valence-corrected chi connectivity index (χ1v) is 7.50. The van der Waals surface area contributed by atoms with Gasteiger partial charge in [-0.05, 0) is 29.9 Å². The number of hydrogen-bond donors (Lipinski definition) is 1. The molecule has 6 heteroatoms. The number of rotatable bonds is 5. The maximum Gasteiger partial charge on any atom is 0.313 e. The van der Waals surface area contributed by atoms with E-state index in [1.165, 1.54) is 18.4 Å². The van der Waals surface area contributed by atoms with Gasteiger partial charge in [-0.25, -0.2) is 0 Å². The minimum Gasteiger partial charge on any atom is -0.481 e. The van der Waals surface area contributed by atoms with Crippen molar-refractivity contribution in [2.75, 3.05) is 26.8 Å². The largest absolute Gasteiger partial charge is 0.481 e. The number of carbonyl (C=O) groups excluding carboxylic acids is 1. The van der Waals surface area contributed by atoms with Gasteiger partial charge in [0, 0.05) is 20.2 Å². The normalized spacial score (nSPS) is 22.2. The third-order valence-electron chi connectivity index (χ3n) is 3.84. The molecular formula is C14H19NO4S. The summed E-state index contributed by atoms with van der Waals surface area (Å²) in [5.41, 5.74) is 0.0631. The molecule has 1 aliphatic heterocycles. The first-order chi connectivity index (χ1) is 9.54. The molecule has 1 amide bonds. The van der Waals surface area contributed by atoms with E-state index in [0.717, 1.165) is 16.9 Å². The predicted molar refractivity (Wildman–Crippen MR) is 76.2 cm³/mol. The number of methoxy groups -OCH3 is 1. The summed E-state index contributed by atoms with van der Waals surface area (Å²) in [7, 11) is 1.49. The van der Waals surface area contributed by atoms with Crippen molar-refractivity contribution in [3.8, 4) is 0 Å². The van der Waals surface area contributed by atoms with Gasteiger partial charge in [0.2, 0.25) is 0 Å². The first-order valence-electron chi connectivity index (χ1n) is 6.62. The zero-order chi connectivity index (χ0) is 14.8. The van der Waals surface area contributed by atoms with Crippen LogP contribution in [-0.2, 0) is 16.0 Å². The van der Waals surface area contributed by atoms with Crippen molar-refractivity contribution in [2.45, 2.75) is 19.8 Å². The first kappa shape index (κ1) is 15.0. The highest BCUT2D eigenvalue weighted by atomic mass is 32.1. The second-order valence-electron chi connectivity index (χ2n) is 5.12. The topological polar surface area (TPSA) is 66.8 Å². The smallest absolute Gasteiger partial charge is 0.313 e. The molecule has 0 saturated carbocycles. The Bertz CT molecular complexity index is 513. The number of amides is 1. The molecule has 1 saturated heterocycles. The molecule has 2 rings (SSSR count). The molecule has 0 aromatic carbocycles. The van der Waals surface area contributed by atoms with Crippen molar-refractivity contribution in [1.82, 2.24) is 4.90 Å². The second kappa shape index (κ2) is 5.93. The molecular weight excluding hydrogens is 278 g/mol. The molecule has 1 atom stereocenters. The SMILES string of the molecule is CCc1ccsc1C(=O)N1CCC(COC)(C(=O)O)C1. The van der Waals surface area contributed by atoms with E-state index in [2.05, 4.69) is 0 Å². The van der Waals surface area contributed by atoms with Crippen molar-refractivity contribution in [3.05, 3.63) is 21.9 Å². The highest BCUT2D eigenvalue weighted by molar-refractivity contribution is 7.12. The van der Waals surface area contributed by atoms with Crippen LogP contribution in [0, 0.1) is 5.41 Å². The number of thiophene rings is 1. The lowest BCUT2D eigenvalue weighted by molar-refractivity contribution is -0.151. The Labute approximate surface area is 122 Å². The molecule has 1 fully saturated rings. The highest BCUT2D eigenvalue weighted by Gasteiger charge is 2.46. The number of aliphatic carboxylic acids is 1. The molecule has 1 unspecified atom stereocenters. The van der Waals surface area contributed by atoms with Crippen molar-refractivity contribution in [3.63, 3.8) is 0 Å². The van der Waals surface area contributed by atoms with Crippen LogP contribution in [-0.4, -0.2) is 48.7 Å². The van der Waals surface area contributed by atoms with Crippen LogP contribution in [0.5, 0.6) is 0 Å². The fraction of sp³-hybridized carbons (Fsp3) is 0.571. The van der Waals surface area contributed by atoms with E-state index in [0.29, 0.717) is 13.0 Å². The molecule has 5 nitrogen and oxygen atoms in total. The molecule has 0 radical (unpaired) electrons. The summed E-state index contributed by atoms with van der Waals surface area (Å²) in [6.07, 6.45) is 1.25. The fourth-order valence-electron chi connectivity index (χ4n) is 2.62. The van der Waals surface area contributed by atoms with E-state index in [9.17, 15) is 14.7 Å². The van der Waals surface area contributed by atoms with Crippen LogP contribution in [0.2, 0.25) is 0 Å². The van der Waals surface area contributed by atoms with Gasteiger partial charge in [-0.3, -0.25) is 9.59 Å². The molecule has 20 heavy (non-hydrogen) atoms. The Morgan fingerprint density at radius 2 is 2.30 bits per heavy atom. The van der Waals surface area contributed by atoms with Crippen molar-refractivity contribution >= 4 is 23.2 Å². The molecule has 0 aliphatic carbocycles. The highest BCUT2D eigenvalue weighted by Crippen LogP contribution is 2.33. The van der Waals surface area contributed by atoms with Crippen LogP contribution in [0.25, 0.3) is 0 Å². The van der Waals surface area contributed by atoms with Crippen molar-refractivity contribution in [2.24, 2.45) is 5.41 Å². The zero-order valence-corrected chi connectivity index (χ0v) is 12.5. The average Bonchev–Trinajstić information content (AvgIpc) is 3.05. The number of likely N-dealkylation sites (tertiary alicyclic amines) is 1. The molecule has 1 aromatic rings. The Morgan fingerprint density at radius 3 is 2.90 bits per heavy atom. The summed E-state index contributed by atoms with van der Waals surface area (Å²) in [6.45, 7) is 2.83. The second-order valence-corrected chi connectivity index (χ2v) is 6.04. The van der Waals surface area contributed by atoms with E-state index in [1.807, 2.05) is 18.4 Å². The van der Waals surface area contributed by atoms with E-state index in [1.54, 1.807) is 4.90 Å². The number of ether oxygens (including phenoxy) is 1. The maximum atomic E-state index is 12.5. The average molecular weight is 297 g/mol. The third kappa shape index (κ3) is 2.58. The van der Waals surface area contributed by atoms with Gasteiger partial charge < -0.3 is 14.7 Å². The van der Waals surface area contributed by atoms with E-state index >= 15 is 0 Å². The van der Waals surface area contributed by atoms with Crippen LogP contribution < -0.4 is 0 Å². The van der Waals surface area contributed by atoms with Gasteiger partial charge in [-0.1, -0.05) is 6.92 Å². The van der Waals surface area contributed by atoms with Gasteiger partial charge in [0.1, 0.15) is 5.41 Å². The Balaban J connectivity index is 2.16. The van der Waals surface area contributed by atoms with E-state index in [-0.39, 0.29) is 19.1 Å². The number of carboxylic acids is 1. The van der Waals surface area contributed by atoms with Gasteiger partial charge in [0.15, 0.2) is 0 Å². The summed E-state index contributed by atoms with van der Waals surface area (Å²) >= 11 is 1.42. The summed E-state index contributed by atoms with van der Waals surface area (Å²) in [5, 5.41) is 11.3. The molecule has 110 valence electrons. The summed E-state index contributed by atoms with van der Waals surface area (Å²) in [4.78, 5) is 26.3. The lowest BCUT2D eigenvalue weighted by atomic mass is 9.88. The summed E-state index contributed by atoms with van der Waals surface area (Å²) in [5.74, 6) is -0.951. The van der Waals surface area contributed by atoms with Crippen molar-refractivity contribution < 1.29 is 19.4 Å². The Morgan fingerprint density at radius 1 is 1.55 bits per heavy atom. The Kier molecular flexibility index (Phi) is 4.45. The number of nitrogens with zero attached hydrogens (tertiary/aromatic N) is 1. The van der Waals surface area contributed by atoms with E-state index < -0.39 is 11.4 Å². The third-order valence-corrected chi connectivity index (χ3v) is 4.78. The molecule has 0 spiro atoms. The lowest BCUT2D eigenvalue weighted by Gasteiger charge is -2.23. The van der Waals surface area contributed by atoms with Crippen molar-refractivity contribution in [1.29, 1.82) is 0 Å². The van der Waals surface area contributed by atoms with Crippen LogP contribution >= 0.6 is 11.3 Å². The van der Waals surface area contributed by atoms with Crippen LogP contribution in [0.1, 0.15) is 28.6 Å². The summed E-state index contributed by atoms with van der Waals surface area (Å²) in [6, 6.07) is 1.95. The number of aryl methyl sites for hydroxylation is 1. The quantitative estimate of drug-likeness (QED) is 0.901. The number of carbonyl (C=O) groups is 2. The lowest BCUT2D eigenvalue weighted by Crippen LogP contribution is -2.40. The van der Waals surface area contributed by atoms with E-state index in [4.69, 9.17) is 4.74 Å². The Hall–Kier alpha value is -1.40. The van der Waals surface area contributed by atoms with Gasteiger partial charge in [0.05, 0.1) is 11.5 Å². The van der Waals surface area contributed by atoms with Gasteiger partial charge in [0.25, 0.3) is 5.91 Å². The van der Waals surface area contributed by atoms with Crippen LogP contribution in [0.4, 0.5) is 0 Å². The van der Waals surface area contributed by atoms with Gasteiger partial charge in [-0.15, -0.1) is 11.3 Å². The van der Waals surface area contributed by atoms with Crippen LogP contribution in [0.3, 0.4) is 0 Å². The zero-order valence-electron chi connectivity index (χ0n) is 11.7. The molecule has 0 bridgehead atoms. The van der Waals surface area contributed by atoms with Gasteiger partial charge in [-0.2, -0.15) is 0 Å². The minimum atomic E-state index is -0.964. The fourth-order valence-corrected chi connectivity index (χ4v) is 3.58. The standard InChI is InChI=1S/C14H19NO4S/c1-3-10-4-7-20-11(10)12(16)15-6-5-14(8-15,9-19-2)13(17)18/h4,7H,3,5-6,8-9H2,1-2H3,(H,17,18). The molecule has 2 heterocycles. The molecule has 1 aromatic heterocycles. The number of carboxylic acid groups (broad SMARTS) is 1. The molecule has 1 N–H and O–H groups in total. The summed E-state index contributed by atoms with van der Waals surface area (Å²) < 4.78 is 5.04. The van der Waals surface area contributed by atoms with Crippen LogP contribution in [0.15, 0.2) is 11.4 Å². The van der Waals surface area contributed by atoms with Gasteiger partial charge >= 0.3 is 5.97 Å². The minimum absolute atomic E-state index is 0.0592. The monoisotopic (exact) mass is 297 g/mol. The predicted octanol–water partition coefficient (Wildman–Crippen LogP) is 1.87. The molecule has 1 aliphatic rings. The maximum absolute atomic E-state index is 12.5.